The first-order valence-electron chi connectivity index (χ1n) is 27.8. The van der Waals surface area contributed by atoms with Gasteiger partial charge in [0.05, 0.1) is 0 Å². The summed E-state index contributed by atoms with van der Waals surface area (Å²) in [7, 11) is -1.79. The summed E-state index contributed by atoms with van der Waals surface area (Å²) in [6, 6.07) is 5.30. The maximum Gasteiger partial charge on any atom is 0.140 e. The summed E-state index contributed by atoms with van der Waals surface area (Å²) in [6.45, 7) is 37.8. The van der Waals surface area contributed by atoms with E-state index < -0.39 is 15.5 Å². The highest BCUT2D eigenvalue weighted by molar-refractivity contribution is 6.36. The van der Waals surface area contributed by atoms with E-state index in [0.29, 0.717) is 0 Å². The lowest BCUT2D eigenvalue weighted by atomic mass is 9.65. The molecule has 2 aromatic carbocycles. The molecule has 0 radical (unpaired) electrons. The van der Waals surface area contributed by atoms with Gasteiger partial charge in [0.25, 0.3) is 0 Å². The SMILES string of the molecule is [2H]B([2H])c1c2c(cc3c1C(CC)(CC)CC3(CC)CC)C(CC)(CC)CC2(CC)CC.[2H]B([2H])c1c2c(cc3c1C(CC)(CC)CC3(CC)CC)C(CC)(CC)CC2(CC)CC. The molecule has 324 valence electrons. The van der Waals surface area contributed by atoms with Crippen LogP contribution in [0.25, 0.3) is 0 Å². The van der Waals surface area contributed by atoms with Crippen LogP contribution < -0.4 is 10.9 Å². The molecular weight excluding hydrogens is 694 g/mol. The van der Waals surface area contributed by atoms with E-state index in [4.69, 9.17) is 5.34 Å². The van der Waals surface area contributed by atoms with Crippen LogP contribution in [0.3, 0.4) is 0 Å². The molecular formula is C56H94B2. The Morgan fingerprint density at radius 3 is 0.586 bits per heavy atom. The fraction of sp³-hybridized carbons (Fsp3) is 0.786. The Kier molecular flexibility index (Phi) is 12.3. The fourth-order valence-electron chi connectivity index (χ4n) is 15.6. The molecule has 0 unspecified atom stereocenters. The lowest BCUT2D eigenvalue weighted by Crippen LogP contribution is -2.35. The van der Waals surface area contributed by atoms with Gasteiger partial charge >= 0.3 is 0 Å². The van der Waals surface area contributed by atoms with Crippen LogP contribution in [-0.4, -0.2) is 20.9 Å². The number of rotatable bonds is 18. The molecule has 0 saturated carbocycles. The predicted octanol–water partition coefficient (Wildman–Crippen LogP) is 14.0. The minimum atomic E-state index is -0.896. The van der Waals surface area contributed by atoms with E-state index in [0.717, 1.165) is 114 Å². The van der Waals surface area contributed by atoms with Crippen LogP contribution in [0.4, 0.5) is 0 Å². The number of benzene rings is 2. The second-order valence-electron chi connectivity index (χ2n) is 20.9. The zero-order valence-electron chi connectivity index (χ0n) is 45.5. The predicted molar refractivity (Wildman–Crippen MR) is 266 cm³/mol. The molecule has 0 atom stereocenters. The Labute approximate surface area is 369 Å². The Morgan fingerprint density at radius 2 is 0.466 bits per heavy atom. The lowest BCUT2D eigenvalue weighted by Gasteiger charge is -2.35. The normalized spacial score (nSPS) is 23.3. The Morgan fingerprint density at radius 1 is 0.310 bits per heavy atom. The van der Waals surface area contributed by atoms with E-state index in [2.05, 4.69) is 123 Å². The van der Waals surface area contributed by atoms with Gasteiger partial charge in [0, 0.05) is 0 Å². The fourth-order valence-corrected chi connectivity index (χ4v) is 15.6. The number of hydrogen-bond donors (Lipinski definition) is 0. The average molecular weight is 793 g/mol. The molecule has 4 aliphatic rings. The van der Waals surface area contributed by atoms with Crippen LogP contribution in [0, 0.1) is 0 Å². The standard InChI is InChI=1S/2C28H47B/c2*1-9-25(10-2)18-27(13-5,14-6)22-20(25)17-21-23(24(22)29)28(15-7,16-8)19-26(21,11-3)12-4/h2*17H,9-16,18-19,29H2,1-8H3/i2*29D2. The highest BCUT2D eigenvalue weighted by Crippen LogP contribution is 2.63. The third-order valence-electron chi connectivity index (χ3n) is 20.7. The van der Waals surface area contributed by atoms with Gasteiger partial charge < -0.3 is 0 Å². The van der Waals surface area contributed by atoms with Crippen LogP contribution in [0.15, 0.2) is 12.1 Å². The molecule has 2 heteroatoms. The topological polar surface area (TPSA) is 0 Å². The highest BCUT2D eigenvalue weighted by atomic mass is 14.6. The number of hydrogen-bond acceptors (Lipinski definition) is 0. The van der Waals surface area contributed by atoms with Crippen molar-refractivity contribution in [3.05, 3.63) is 56.6 Å². The van der Waals surface area contributed by atoms with Gasteiger partial charge in [-0.25, -0.2) is 0 Å². The monoisotopic (exact) mass is 793 g/mol. The molecule has 0 aliphatic heterocycles. The van der Waals surface area contributed by atoms with E-state index in [1.54, 1.807) is 0 Å². The third kappa shape index (κ3) is 6.23. The van der Waals surface area contributed by atoms with Gasteiger partial charge in [-0.3, -0.25) is 0 Å². The molecule has 0 N–H and O–H groups in total. The maximum atomic E-state index is 8.86. The Balaban J connectivity index is 0.000000234. The molecule has 2 aromatic rings. The summed E-state index contributed by atoms with van der Waals surface area (Å²) in [4.78, 5) is 0. The first kappa shape index (κ1) is 41.9. The van der Waals surface area contributed by atoms with Crippen LogP contribution in [0.2, 0.25) is 0 Å². The van der Waals surface area contributed by atoms with Gasteiger partial charge in [-0.15, -0.1) is 0 Å². The van der Waals surface area contributed by atoms with Crippen molar-refractivity contribution < 1.29 is 0 Å². The van der Waals surface area contributed by atoms with Crippen molar-refractivity contribution in [1.29, 1.82) is 5.34 Å². The molecule has 6 rings (SSSR count). The average Bonchev–Trinajstić information content (AvgIpc) is 3.98. The summed E-state index contributed by atoms with van der Waals surface area (Å²) in [5.41, 5.74) is 15.5. The third-order valence-corrected chi connectivity index (χ3v) is 20.7. The minimum Gasteiger partial charge on any atom is -0.0810 e. The van der Waals surface area contributed by atoms with Crippen molar-refractivity contribution in [1.82, 2.24) is 0 Å². The minimum absolute atomic E-state index is 0.128. The molecule has 0 saturated heterocycles. The number of fused-ring (bicyclic) bond motifs is 4. The second-order valence-corrected chi connectivity index (χ2v) is 20.9. The molecule has 0 amide bonds. The van der Waals surface area contributed by atoms with E-state index in [1.807, 2.05) is 0 Å². The lowest BCUT2D eigenvalue weighted by molar-refractivity contribution is 0.279. The smallest absolute Gasteiger partial charge is 0.0810 e. The van der Waals surface area contributed by atoms with E-state index >= 15 is 0 Å². The largest absolute Gasteiger partial charge is 0.140 e. The molecule has 0 fully saturated rings. The zero-order chi connectivity index (χ0) is 46.5. The highest BCUT2D eigenvalue weighted by Gasteiger charge is 2.57. The van der Waals surface area contributed by atoms with Crippen molar-refractivity contribution >= 4 is 26.5 Å². The van der Waals surface area contributed by atoms with Crippen molar-refractivity contribution in [3.63, 3.8) is 0 Å². The quantitative estimate of drug-likeness (QED) is 0.132. The van der Waals surface area contributed by atoms with Crippen molar-refractivity contribution in [3.8, 4) is 0 Å². The second kappa shape index (κ2) is 17.0. The summed E-state index contributed by atoms with van der Waals surface area (Å²) >= 11 is 0. The zero-order valence-corrected chi connectivity index (χ0v) is 41.5. The van der Waals surface area contributed by atoms with E-state index in [9.17, 15) is 0 Å². The summed E-state index contributed by atoms with van der Waals surface area (Å²) in [6.07, 6.45) is 23.1. The van der Waals surface area contributed by atoms with Crippen LogP contribution >= 0.6 is 0 Å². The van der Waals surface area contributed by atoms with Crippen molar-refractivity contribution in [2.45, 2.75) is 283 Å². The van der Waals surface area contributed by atoms with Gasteiger partial charge in [0.15, 0.2) is 0 Å². The van der Waals surface area contributed by atoms with E-state index in [-0.39, 0.29) is 43.3 Å². The molecule has 0 bridgehead atoms. The molecule has 4 aliphatic carbocycles. The van der Waals surface area contributed by atoms with Gasteiger partial charge in [-0.1, -0.05) is 134 Å². The summed E-state index contributed by atoms with van der Waals surface area (Å²) < 4.78 is 35.5. The molecule has 0 aromatic heterocycles. The maximum absolute atomic E-state index is 8.86. The molecule has 0 heterocycles. The van der Waals surface area contributed by atoms with Crippen LogP contribution in [-0.2, 0) is 43.3 Å². The van der Waals surface area contributed by atoms with Crippen LogP contribution in [0.5, 0.6) is 0 Å². The van der Waals surface area contributed by atoms with Gasteiger partial charge in [0.2, 0.25) is 0 Å². The van der Waals surface area contributed by atoms with Gasteiger partial charge in [-0.2, -0.15) is 0 Å². The first-order chi connectivity index (χ1) is 29.4. The Hall–Kier alpha value is -1.43. The molecule has 58 heavy (non-hydrogen) atoms. The first-order valence-corrected chi connectivity index (χ1v) is 25.5. The molecule has 0 nitrogen and oxygen atoms in total. The van der Waals surface area contributed by atoms with Gasteiger partial charge in [0.1, 0.15) is 15.5 Å². The van der Waals surface area contributed by atoms with Crippen molar-refractivity contribution in [2.24, 2.45) is 0 Å². The Bertz CT molecular complexity index is 1600. The van der Waals surface area contributed by atoms with Crippen molar-refractivity contribution in [2.75, 3.05) is 0 Å². The van der Waals surface area contributed by atoms with Gasteiger partial charge in [-0.05, 0) is 222 Å². The van der Waals surface area contributed by atoms with E-state index in [1.165, 1.54) is 70.2 Å². The van der Waals surface area contributed by atoms with Crippen LogP contribution in [0.1, 0.15) is 284 Å². The summed E-state index contributed by atoms with van der Waals surface area (Å²) in [5, 5.41) is 0. The molecule has 0 spiro atoms. The summed E-state index contributed by atoms with van der Waals surface area (Å²) in [5.74, 6) is 0.